The van der Waals surface area contributed by atoms with Crippen molar-refractivity contribution in [1.82, 2.24) is 0 Å². The van der Waals surface area contributed by atoms with Gasteiger partial charge in [-0.1, -0.05) is 17.7 Å². The molecule has 0 bridgehead atoms. The number of carbonyl (C=O) groups is 1. The average molecular weight is 288 g/mol. The maximum absolute atomic E-state index is 11.0. The first kappa shape index (κ1) is 15.2. The van der Waals surface area contributed by atoms with E-state index in [2.05, 4.69) is 0 Å². The highest BCUT2D eigenvalue weighted by Gasteiger charge is 2.26. The second-order valence-electron chi connectivity index (χ2n) is 4.23. The minimum Gasteiger partial charge on any atom is -0.486 e. The number of nitro benzene ring substituents is 1. The monoisotopic (exact) mass is 287 g/mol. The first-order valence-electron chi connectivity index (χ1n) is 5.40. The SMILES string of the molecule is CC(N)(CCOc1c(Cl)cccc1[N+](=O)[O-])C(N)=O. The summed E-state index contributed by atoms with van der Waals surface area (Å²) < 4.78 is 5.25. The molecule has 4 N–H and O–H groups in total. The van der Waals surface area contributed by atoms with Gasteiger partial charge >= 0.3 is 5.69 Å². The molecule has 1 atom stereocenters. The number of nitrogens with two attached hydrogens (primary N) is 2. The number of para-hydroxylation sites is 1. The second kappa shape index (κ2) is 5.85. The molecule has 1 rings (SSSR count). The number of halogens is 1. The summed E-state index contributed by atoms with van der Waals surface area (Å²) in [5.41, 5.74) is 9.26. The van der Waals surface area contributed by atoms with Crippen LogP contribution in [0.1, 0.15) is 13.3 Å². The smallest absolute Gasteiger partial charge is 0.312 e. The van der Waals surface area contributed by atoms with Crippen LogP contribution in [0.4, 0.5) is 5.69 Å². The minimum atomic E-state index is -1.24. The molecule has 0 heterocycles. The van der Waals surface area contributed by atoms with Crippen molar-refractivity contribution in [2.24, 2.45) is 11.5 Å². The van der Waals surface area contributed by atoms with Crippen LogP contribution in [0.5, 0.6) is 5.75 Å². The van der Waals surface area contributed by atoms with Gasteiger partial charge in [-0.2, -0.15) is 0 Å². The Bertz CT molecular complexity index is 505. The van der Waals surface area contributed by atoms with Crippen molar-refractivity contribution in [2.45, 2.75) is 18.9 Å². The molecule has 0 saturated carbocycles. The van der Waals surface area contributed by atoms with Crippen molar-refractivity contribution in [3.05, 3.63) is 33.3 Å². The van der Waals surface area contributed by atoms with Gasteiger partial charge in [-0.25, -0.2) is 0 Å². The number of ether oxygens (including phenoxy) is 1. The molecule has 0 aliphatic rings. The number of nitro groups is 1. The summed E-state index contributed by atoms with van der Waals surface area (Å²) in [5.74, 6) is -0.723. The molecule has 1 amide bonds. The molecule has 0 aromatic heterocycles. The van der Waals surface area contributed by atoms with Gasteiger partial charge in [0.25, 0.3) is 0 Å². The predicted octanol–water partition coefficient (Wildman–Crippen LogP) is 1.22. The highest BCUT2D eigenvalue weighted by atomic mass is 35.5. The topological polar surface area (TPSA) is 121 Å². The molecule has 0 fully saturated rings. The van der Waals surface area contributed by atoms with Gasteiger partial charge < -0.3 is 16.2 Å². The molecule has 8 heteroatoms. The van der Waals surface area contributed by atoms with Crippen LogP contribution in [0.25, 0.3) is 0 Å². The van der Waals surface area contributed by atoms with Crippen molar-refractivity contribution in [3.63, 3.8) is 0 Å². The van der Waals surface area contributed by atoms with Gasteiger partial charge in [-0.05, 0) is 13.0 Å². The maximum Gasteiger partial charge on any atom is 0.312 e. The summed E-state index contributed by atoms with van der Waals surface area (Å²) >= 11 is 5.83. The summed E-state index contributed by atoms with van der Waals surface area (Å²) in [4.78, 5) is 21.2. The van der Waals surface area contributed by atoms with E-state index in [1.807, 2.05) is 0 Å². The van der Waals surface area contributed by atoms with Crippen molar-refractivity contribution >= 4 is 23.2 Å². The zero-order chi connectivity index (χ0) is 14.6. The summed E-state index contributed by atoms with van der Waals surface area (Å²) in [6, 6.07) is 4.19. The van der Waals surface area contributed by atoms with E-state index in [1.54, 1.807) is 0 Å². The van der Waals surface area contributed by atoms with E-state index in [9.17, 15) is 14.9 Å². The quantitative estimate of drug-likeness (QED) is 0.602. The summed E-state index contributed by atoms with van der Waals surface area (Å²) in [7, 11) is 0. The molecule has 1 unspecified atom stereocenters. The third kappa shape index (κ3) is 3.80. The normalized spacial score (nSPS) is 13.6. The van der Waals surface area contributed by atoms with Crippen LogP contribution in [0.2, 0.25) is 5.02 Å². The molecular formula is C11H14ClN3O4. The fraction of sp³-hybridized carbons (Fsp3) is 0.364. The third-order valence-corrected chi connectivity index (χ3v) is 2.87. The van der Waals surface area contributed by atoms with Crippen LogP contribution in [0.3, 0.4) is 0 Å². The lowest BCUT2D eigenvalue weighted by Gasteiger charge is -2.20. The molecule has 104 valence electrons. The van der Waals surface area contributed by atoms with Gasteiger partial charge in [0.2, 0.25) is 11.7 Å². The fourth-order valence-electron chi connectivity index (χ4n) is 1.27. The number of nitrogens with zero attached hydrogens (tertiary/aromatic N) is 1. The highest BCUT2D eigenvalue weighted by Crippen LogP contribution is 2.34. The molecule has 1 aromatic rings. The Kier molecular flexibility index (Phi) is 4.68. The van der Waals surface area contributed by atoms with E-state index < -0.39 is 16.4 Å². The number of primary amides is 1. The lowest BCUT2D eigenvalue weighted by Crippen LogP contribution is -2.50. The molecule has 0 aliphatic carbocycles. The van der Waals surface area contributed by atoms with Gasteiger partial charge in [-0.15, -0.1) is 0 Å². The number of hydrogen-bond donors (Lipinski definition) is 2. The van der Waals surface area contributed by atoms with Gasteiger partial charge in [0.15, 0.2) is 0 Å². The van der Waals surface area contributed by atoms with Crippen LogP contribution >= 0.6 is 11.6 Å². The van der Waals surface area contributed by atoms with Crippen molar-refractivity contribution in [1.29, 1.82) is 0 Å². The van der Waals surface area contributed by atoms with Crippen molar-refractivity contribution in [3.8, 4) is 5.75 Å². The van der Waals surface area contributed by atoms with Crippen LogP contribution in [0.15, 0.2) is 18.2 Å². The lowest BCUT2D eigenvalue weighted by atomic mass is 9.99. The standard InChI is InChI=1S/C11H14ClN3O4/c1-11(14,10(13)16)5-6-19-9-7(12)3-2-4-8(9)15(17)18/h2-4H,5-6,14H2,1H3,(H2,13,16). The largest absolute Gasteiger partial charge is 0.486 e. The Labute approximate surface area is 114 Å². The Morgan fingerprint density at radius 2 is 2.21 bits per heavy atom. The summed E-state index contributed by atoms with van der Waals surface area (Å²) in [5, 5.41) is 10.9. The Morgan fingerprint density at radius 1 is 1.58 bits per heavy atom. The molecular weight excluding hydrogens is 274 g/mol. The van der Waals surface area contributed by atoms with Gasteiger partial charge in [-0.3, -0.25) is 14.9 Å². The third-order valence-electron chi connectivity index (χ3n) is 2.57. The van der Waals surface area contributed by atoms with Crippen molar-refractivity contribution in [2.75, 3.05) is 6.61 Å². The van der Waals surface area contributed by atoms with Crippen molar-refractivity contribution < 1.29 is 14.5 Å². The van der Waals surface area contributed by atoms with E-state index in [0.717, 1.165) is 0 Å². The Hall–Kier alpha value is -1.86. The molecule has 1 aromatic carbocycles. The zero-order valence-electron chi connectivity index (χ0n) is 10.3. The first-order valence-corrected chi connectivity index (χ1v) is 5.78. The molecule has 0 spiro atoms. The molecule has 7 nitrogen and oxygen atoms in total. The van der Waals surface area contributed by atoms with Crippen LogP contribution in [0, 0.1) is 10.1 Å². The van der Waals surface area contributed by atoms with Gasteiger partial charge in [0.1, 0.15) is 0 Å². The van der Waals surface area contributed by atoms with Crippen LogP contribution in [-0.2, 0) is 4.79 Å². The number of benzene rings is 1. The fourth-order valence-corrected chi connectivity index (χ4v) is 1.50. The Balaban J connectivity index is 2.79. The molecule has 19 heavy (non-hydrogen) atoms. The predicted molar refractivity (Wildman–Crippen MR) is 70.0 cm³/mol. The Morgan fingerprint density at radius 3 is 2.74 bits per heavy atom. The minimum absolute atomic E-state index is 0.0134. The van der Waals surface area contributed by atoms with Gasteiger partial charge in [0, 0.05) is 12.5 Å². The first-order chi connectivity index (χ1) is 8.75. The maximum atomic E-state index is 11.0. The summed E-state index contributed by atoms with van der Waals surface area (Å²) in [6.07, 6.45) is 0.116. The van der Waals surface area contributed by atoms with Crippen LogP contribution < -0.4 is 16.2 Å². The van der Waals surface area contributed by atoms with Gasteiger partial charge in [0.05, 0.1) is 22.1 Å². The molecule has 0 radical (unpaired) electrons. The molecule has 0 aliphatic heterocycles. The number of carbonyl (C=O) groups excluding carboxylic acids is 1. The summed E-state index contributed by atoms with van der Waals surface area (Å²) in [6.45, 7) is 1.44. The van der Waals surface area contributed by atoms with E-state index in [1.165, 1.54) is 25.1 Å². The van der Waals surface area contributed by atoms with Crippen LogP contribution in [-0.4, -0.2) is 23.0 Å². The number of amides is 1. The highest BCUT2D eigenvalue weighted by molar-refractivity contribution is 6.32. The number of hydrogen-bond acceptors (Lipinski definition) is 5. The zero-order valence-corrected chi connectivity index (χ0v) is 11.0. The second-order valence-corrected chi connectivity index (χ2v) is 4.63. The lowest BCUT2D eigenvalue weighted by molar-refractivity contribution is -0.385. The number of rotatable bonds is 6. The van der Waals surface area contributed by atoms with E-state index in [0.29, 0.717) is 0 Å². The average Bonchev–Trinajstić information content (AvgIpc) is 2.30. The van der Waals surface area contributed by atoms with E-state index in [-0.39, 0.29) is 29.5 Å². The van der Waals surface area contributed by atoms with E-state index >= 15 is 0 Å². The van der Waals surface area contributed by atoms with E-state index in [4.69, 9.17) is 27.8 Å². The molecule has 0 saturated heterocycles.